The van der Waals surface area contributed by atoms with Crippen molar-refractivity contribution in [2.24, 2.45) is 0 Å². The molecule has 0 radical (unpaired) electrons. The van der Waals surface area contributed by atoms with Crippen molar-refractivity contribution in [2.75, 3.05) is 19.0 Å². The predicted octanol–water partition coefficient (Wildman–Crippen LogP) is 2.51. The van der Waals surface area contributed by atoms with Crippen molar-refractivity contribution >= 4 is 11.4 Å². The number of benzene rings is 1. The molecule has 0 amide bonds. The van der Waals surface area contributed by atoms with Gasteiger partial charge in [0.2, 0.25) is 0 Å². The maximum absolute atomic E-state index is 10.8. The van der Waals surface area contributed by atoms with Crippen molar-refractivity contribution in [3.63, 3.8) is 0 Å². The second kappa shape index (κ2) is 6.19. The normalized spacial score (nSPS) is 25.1. The Morgan fingerprint density at radius 2 is 2.25 bits per heavy atom. The van der Waals surface area contributed by atoms with Crippen LogP contribution in [0.5, 0.6) is 0 Å². The van der Waals surface area contributed by atoms with Crippen LogP contribution in [0.3, 0.4) is 0 Å². The van der Waals surface area contributed by atoms with Gasteiger partial charge in [-0.25, -0.2) is 0 Å². The fourth-order valence-corrected chi connectivity index (χ4v) is 2.49. The lowest BCUT2D eigenvalue weighted by Crippen LogP contribution is -2.56. The van der Waals surface area contributed by atoms with Gasteiger partial charge in [-0.1, -0.05) is 6.07 Å². The number of aryl methyl sites for hydroxylation is 1. The van der Waals surface area contributed by atoms with Crippen LogP contribution >= 0.6 is 0 Å². The predicted molar refractivity (Wildman–Crippen MR) is 76.1 cm³/mol. The van der Waals surface area contributed by atoms with Crippen LogP contribution in [0.1, 0.15) is 18.9 Å². The van der Waals surface area contributed by atoms with Gasteiger partial charge in [0.05, 0.1) is 17.1 Å². The Balaban J connectivity index is 2.07. The minimum atomic E-state index is -0.387. The first kappa shape index (κ1) is 14.7. The third-order valence-electron chi connectivity index (χ3n) is 3.68. The topological polar surface area (TPSA) is 73.6 Å². The molecule has 1 aliphatic rings. The number of non-ortho nitro benzene ring substituents is 1. The highest BCUT2D eigenvalue weighted by Crippen LogP contribution is 2.32. The quantitative estimate of drug-likeness (QED) is 0.640. The summed E-state index contributed by atoms with van der Waals surface area (Å²) < 4.78 is 11.0. The number of hydrogen-bond acceptors (Lipinski definition) is 5. The molecule has 0 saturated heterocycles. The van der Waals surface area contributed by atoms with Gasteiger partial charge in [-0.15, -0.1) is 0 Å². The lowest BCUT2D eigenvalue weighted by Gasteiger charge is -2.43. The largest absolute Gasteiger partial charge is 0.379 e. The van der Waals surface area contributed by atoms with Crippen LogP contribution in [0.15, 0.2) is 18.2 Å². The number of methoxy groups -OCH3 is 1. The van der Waals surface area contributed by atoms with Gasteiger partial charge >= 0.3 is 0 Å². The molecule has 1 N–H and O–H groups in total. The summed E-state index contributed by atoms with van der Waals surface area (Å²) in [6.45, 7) is 4.54. The van der Waals surface area contributed by atoms with Crippen LogP contribution in [-0.2, 0) is 9.47 Å². The van der Waals surface area contributed by atoms with E-state index in [-0.39, 0.29) is 28.9 Å². The van der Waals surface area contributed by atoms with E-state index in [1.54, 1.807) is 19.2 Å². The standard InChI is InChI=1S/C14H20N2O4/c1-4-20-13-8-12(14(13)19-3)15-11-7-10(16(17)18)6-5-9(11)2/h5-7,12-15H,4,8H2,1-3H3. The Morgan fingerprint density at radius 3 is 2.85 bits per heavy atom. The highest BCUT2D eigenvalue weighted by Gasteiger charge is 2.42. The highest BCUT2D eigenvalue weighted by molar-refractivity contribution is 5.57. The van der Waals surface area contributed by atoms with Gasteiger partial charge in [0, 0.05) is 31.5 Å². The van der Waals surface area contributed by atoms with Crippen LogP contribution in [0, 0.1) is 17.0 Å². The van der Waals surface area contributed by atoms with Crippen LogP contribution in [0.25, 0.3) is 0 Å². The molecule has 0 aliphatic heterocycles. The zero-order valence-corrected chi connectivity index (χ0v) is 12.0. The van der Waals surface area contributed by atoms with Gasteiger partial charge in [0.15, 0.2) is 0 Å². The number of nitro benzene ring substituents is 1. The zero-order chi connectivity index (χ0) is 14.7. The van der Waals surface area contributed by atoms with E-state index in [9.17, 15) is 10.1 Å². The van der Waals surface area contributed by atoms with Gasteiger partial charge in [0.1, 0.15) is 6.10 Å². The molecule has 1 aliphatic carbocycles. The molecule has 3 atom stereocenters. The molecular weight excluding hydrogens is 260 g/mol. The zero-order valence-electron chi connectivity index (χ0n) is 12.0. The van der Waals surface area contributed by atoms with E-state index in [0.717, 1.165) is 17.7 Å². The van der Waals surface area contributed by atoms with Gasteiger partial charge in [-0.2, -0.15) is 0 Å². The van der Waals surface area contributed by atoms with Crippen molar-refractivity contribution in [1.29, 1.82) is 0 Å². The number of anilines is 1. The first-order chi connectivity index (χ1) is 9.56. The number of rotatable bonds is 6. The summed E-state index contributed by atoms with van der Waals surface area (Å²) in [6.07, 6.45) is 0.921. The Morgan fingerprint density at radius 1 is 1.50 bits per heavy atom. The molecule has 0 heterocycles. The molecular formula is C14H20N2O4. The van der Waals surface area contributed by atoms with Gasteiger partial charge in [0.25, 0.3) is 5.69 Å². The average Bonchev–Trinajstić information content (AvgIpc) is 2.39. The van der Waals surface area contributed by atoms with Crippen molar-refractivity contribution in [2.45, 2.75) is 38.5 Å². The van der Waals surface area contributed by atoms with Crippen molar-refractivity contribution in [3.8, 4) is 0 Å². The molecule has 0 bridgehead atoms. The van der Waals surface area contributed by atoms with Crippen molar-refractivity contribution < 1.29 is 14.4 Å². The summed E-state index contributed by atoms with van der Waals surface area (Å²) in [5.74, 6) is 0. The molecule has 0 aromatic heterocycles. The second-order valence-corrected chi connectivity index (χ2v) is 4.94. The van der Waals surface area contributed by atoms with Crippen LogP contribution in [0.4, 0.5) is 11.4 Å². The van der Waals surface area contributed by atoms with E-state index in [2.05, 4.69) is 5.32 Å². The van der Waals surface area contributed by atoms with E-state index in [1.807, 2.05) is 13.8 Å². The lowest BCUT2D eigenvalue weighted by atomic mass is 9.84. The monoisotopic (exact) mass is 280 g/mol. The van der Waals surface area contributed by atoms with Crippen LogP contribution < -0.4 is 5.32 Å². The smallest absolute Gasteiger partial charge is 0.271 e. The summed E-state index contributed by atoms with van der Waals surface area (Å²) in [6, 6.07) is 4.95. The first-order valence-corrected chi connectivity index (χ1v) is 6.72. The average molecular weight is 280 g/mol. The second-order valence-electron chi connectivity index (χ2n) is 4.94. The first-order valence-electron chi connectivity index (χ1n) is 6.72. The molecule has 20 heavy (non-hydrogen) atoms. The van der Waals surface area contributed by atoms with E-state index >= 15 is 0 Å². The van der Waals surface area contributed by atoms with E-state index < -0.39 is 0 Å². The number of nitrogens with zero attached hydrogens (tertiary/aromatic N) is 1. The van der Waals surface area contributed by atoms with Gasteiger partial charge in [-0.05, 0) is 25.8 Å². The minimum absolute atomic E-state index is 0.0198. The molecule has 6 heteroatoms. The summed E-state index contributed by atoms with van der Waals surface area (Å²) >= 11 is 0. The summed E-state index contributed by atoms with van der Waals surface area (Å²) in [4.78, 5) is 10.4. The van der Waals surface area contributed by atoms with E-state index in [4.69, 9.17) is 9.47 Å². The maximum Gasteiger partial charge on any atom is 0.271 e. The Labute approximate surface area is 118 Å². The number of nitro groups is 1. The van der Waals surface area contributed by atoms with E-state index in [1.165, 1.54) is 6.07 Å². The lowest BCUT2D eigenvalue weighted by molar-refractivity contribution is -0.384. The van der Waals surface area contributed by atoms with Crippen LogP contribution in [0.2, 0.25) is 0 Å². The highest BCUT2D eigenvalue weighted by atomic mass is 16.6. The number of ether oxygens (including phenoxy) is 2. The fraction of sp³-hybridized carbons (Fsp3) is 0.571. The molecule has 0 spiro atoms. The Kier molecular flexibility index (Phi) is 4.57. The summed E-state index contributed by atoms with van der Waals surface area (Å²) in [7, 11) is 1.66. The molecule has 6 nitrogen and oxygen atoms in total. The Hall–Kier alpha value is -1.66. The van der Waals surface area contributed by atoms with E-state index in [0.29, 0.717) is 6.61 Å². The SMILES string of the molecule is CCOC1CC(Nc2cc([N+](=O)[O-])ccc2C)C1OC. The fourth-order valence-electron chi connectivity index (χ4n) is 2.49. The molecule has 3 unspecified atom stereocenters. The molecule has 1 fully saturated rings. The third-order valence-corrected chi connectivity index (χ3v) is 3.68. The Bertz CT molecular complexity index is 492. The van der Waals surface area contributed by atoms with Crippen molar-refractivity contribution in [3.05, 3.63) is 33.9 Å². The summed E-state index contributed by atoms with van der Waals surface area (Å²) in [5.41, 5.74) is 1.85. The molecule has 110 valence electrons. The van der Waals surface area contributed by atoms with Crippen LogP contribution in [-0.4, -0.2) is 36.9 Å². The molecule has 1 aromatic rings. The molecule has 2 rings (SSSR count). The minimum Gasteiger partial charge on any atom is -0.379 e. The van der Waals surface area contributed by atoms with Crippen molar-refractivity contribution in [1.82, 2.24) is 0 Å². The third kappa shape index (κ3) is 2.91. The van der Waals surface area contributed by atoms with Gasteiger partial charge in [-0.3, -0.25) is 10.1 Å². The number of hydrogen-bond donors (Lipinski definition) is 1. The molecule has 1 aromatic carbocycles. The number of nitrogens with one attached hydrogen (secondary N) is 1. The molecule has 1 saturated carbocycles. The maximum atomic E-state index is 10.8. The van der Waals surface area contributed by atoms with Gasteiger partial charge < -0.3 is 14.8 Å². The summed E-state index contributed by atoms with van der Waals surface area (Å²) in [5, 5.41) is 14.1.